The van der Waals surface area contributed by atoms with Gasteiger partial charge in [-0.25, -0.2) is 9.59 Å². The van der Waals surface area contributed by atoms with Gasteiger partial charge in [0.25, 0.3) is 5.56 Å². The lowest BCUT2D eigenvalue weighted by Crippen LogP contribution is -2.21. The third-order valence-electron chi connectivity index (χ3n) is 3.99. The first-order valence-corrected chi connectivity index (χ1v) is 10.2. The highest BCUT2D eigenvalue weighted by Crippen LogP contribution is 2.34. The van der Waals surface area contributed by atoms with Gasteiger partial charge in [0, 0.05) is 29.4 Å². The number of H-pyrrole nitrogens is 1. The Labute approximate surface area is 200 Å². The number of carbonyl (C=O) groups is 2. The lowest BCUT2D eigenvalue weighted by atomic mass is 10.2. The van der Waals surface area contributed by atoms with E-state index in [1.807, 2.05) is 42.5 Å². The number of nitrogens with one attached hydrogen (secondary N) is 1. The number of para-hydroxylation sites is 1. The number of aromatic nitrogens is 2. The summed E-state index contributed by atoms with van der Waals surface area (Å²) in [6.45, 7) is 0.463. The topological polar surface area (TPSA) is 130 Å². The summed E-state index contributed by atoms with van der Waals surface area (Å²) in [7, 11) is 0. The summed E-state index contributed by atoms with van der Waals surface area (Å²) in [5, 5.41) is 16.7. The molecule has 0 spiro atoms. The minimum absolute atomic E-state index is 0.0799. The molecule has 0 aliphatic carbocycles. The van der Waals surface area contributed by atoms with Crippen molar-refractivity contribution in [2.45, 2.75) is 19.0 Å². The Hall–Kier alpha value is -4.14. The maximum absolute atomic E-state index is 12.2. The molecule has 36 heavy (non-hydrogen) atoms. The van der Waals surface area contributed by atoms with Crippen LogP contribution >= 0.6 is 11.3 Å². The normalized spacial score (nSPS) is 11.2. The number of alkyl halides is 6. The summed E-state index contributed by atoms with van der Waals surface area (Å²) >= 11 is 1.50. The van der Waals surface area contributed by atoms with E-state index in [2.05, 4.69) is 9.97 Å². The highest BCUT2D eigenvalue weighted by atomic mass is 32.1. The Morgan fingerprint density at radius 1 is 0.917 bits per heavy atom. The molecule has 0 saturated carbocycles. The van der Waals surface area contributed by atoms with Crippen LogP contribution in [-0.2, 0) is 16.2 Å². The molecule has 192 valence electrons. The molecule has 0 bridgehead atoms. The number of ether oxygens (including phenoxy) is 1. The number of benzene rings is 1. The van der Waals surface area contributed by atoms with Crippen molar-refractivity contribution in [1.29, 1.82) is 0 Å². The number of rotatable bonds is 3. The molecule has 1 aromatic carbocycles. The van der Waals surface area contributed by atoms with Crippen LogP contribution < -0.4 is 10.3 Å². The van der Waals surface area contributed by atoms with E-state index < -0.39 is 24.3 Å². The Kier molecular flexibility index (Phi) is 9.00. The van der Waals surface area contributed by atoms with E-state index in [-0.39, 0.29) is 5.56 Å². The van der Waals surface area contributed by atoms with Crippen molar-refractivity contribution in [3.63, 3.8) is 0 Å². The van der Waals surface area contributed by atoms with Gasteiger partial charge in [-0.1, -0.05) is 29.5 Å². The van der Waals surface area contributed by atoms with Crippen molar-refractivity contribution in [1.82, 2.24) is 9.97 Å². The van der Waals surface area contributed by atoms with E-state index in [1.165, 1.54) is 11.3 Å². The SMILES string of the molecule is O=C(O)C(F)(F)F.O=C(O)C(F)(F)F.O=c1[nH]c2ccccc2c2sc(OCc3ccncc3)cc12. The molecule has 4 rings (SSSR count). The number of fused-ring (bicyclic) bond motifs is 3. The Balaban J connectivity index is 0.000000271. The fourth-order valence-electron chi connectivity index (χ4n) is 2.42. The van der Waals surface area contributed by atoms with Gasteiger partial charge < -0.3 is 19.9 Å². The summed E-state index contributed by atoms with van der Waals surface area (Å²) < 4.78 is 70.3. The maximum atomic E-state index is 12.2. The summed E-state index contributed by atoms with van der Waals surface area (Å²) in [4.78, 5) is 36.8. The summed E-state index contributed by atoms with van der Waals surface area (Å²) in [6.07, 6.45) is -6.69. The molecule has 0 unspecified atom stereocenters. The van der Waals surface area contributed by atoms with Crippen LogP contribution in [0.3, 0.4) is 0 Å². The number of carboxylic acids is 2. The number of hydrogen-bond donors (Lipinski definition) is 3. The first kappa shape index (κ1) is 28.1. The molecule has 0 aliphatic rings. The third-order valence-corrected chi connectivity index (χ3v) is 5.07. The standard InChI is InChI=1S/C17H12N2O2S.2C2HF3O2/c20-17-13-9-15(21-10-11-5-7-18-8-6-11)22-16(13)12-3-1-2-4-14(12)19-17;2*3-2(4,5)1(6)7/h1-9H,10H2,(H,19,20);2*(H,6,7). The zero-order chi connectivity index (χ0) is 27.1. The average Bonchev–Trinajstić information content (AvgIpc) is 3.23. The molecule has 3 aromatic heterocycles. The number of carboxylic acid groups (broad SMARTS) is 2. The first-order chi connectivity index (χ1) is 16.7. The second-order valence-corrected chi connectivity index (χ2v) is 7.57. The van der Waals surface area contributed by atoms with Gasteiger partial charge >= 0.3 is 24.3 Å². The highest BCUT2D eigenvalue weighted by molar-refractivity contribution is 7.21. The molecule has 4 aromatic rings. The quantitative estimate of drug-likeness (QED) is 0.315. The first-order valence-electron chi connectivity index (χ1n) is 9.36. The molecule has 0 fully saturated rings. The fourth-order valence-corrected chi connectivity index (χ4v) is 3.47. The number of aromatic amines is 1. The van der Waals surface area contributed by atoms with Crippen LogP contribution in [0.2, 0.25) is 0 Å². The van der Waals surface area contributed by atoms with E-state index in [4.69, 9.17) is 24.5 Å². The number of halogens is 6. The van der Waals surface area contributed by atoms with Crippen LogP contribution in [-0.4, -0.2) is 44.5 Å². The Morgan fingerprint density at radius 2 is 1.44 bits per heavy atom. The van der Waals surface area contributed by atoms with E-state index in [9.17, 15) is 31.1 Å². The zero-order valence-corrected chi connectivity index (χ0v) is 18.4. The van der Waals surface area contributed by atoms with Gasteiger partial charge in [-0.15, -0.1) is 0 Å². The van der Waals surface area contributed by atoms with Gasteiger partial charge in [0.05, 0.1) is 10.1 Å². The predicted molar refractivity (Wildman–Crippen MR) is 116 cm³/mol. The minimum Gasteiger partial charge on any atom is -0.479 e. The van der Waals surface area contributed by atoms with Gasteiger partial charge in [0.15, 0.2) is 5.06 Å². The Morgan fingerprint density at radius 3 is 1.97 bits per heavy atom. The van der Waals surface area contributed by atoms with Crippen LogP contribution in [0.1, 0.15) is 5.56 Å². The van der Waals surface area contributed by atoms with Crippen LogP contribution in [0.4, 0.5) is 26.3 Å². The molecule has 3 heterocycles. The van der Waals surface area contributed by atoms with E-state index in [0.29, 0.717) is 12.0 Å². The van der Waals surface area contributed by atoms with Crippen molar-refractivity contribution < 1.29 is 50.9 Å². The molecule has 0 saturated heterocycles. The molecule has 15 heteroatoms. The zero-order valence-electron chi connectivity index (χ0n) is 17.6. The lowest BCUT2D eigenvalue weighted by molar-refractivity contribution is -0.193. The maximum Gasteiger partial charge on any atom is 0.490 e. The predicted octanol–water partition coefficient (Wildman–Crippen LogP) is 4.98. The second-order valence-electron chi connectivity index (χ2n) is 6.56. The van der Waals surface area contributed by atoms with Gasteiger partial charge in [-0.2, -0.15) is 26.3 Å². The summed E-state index contributed by atoms with van der Waals surface area (Å²) in [6, 6.07) is 13.4. The summed E-state index contributed by atoms with van der Waals surface area (Å²) in [5.74, 6) is -5.51. The molecule has 0 aliphatic heterocycles. The molecular formula is C21H14F6N2O6S. The van der Waals surface area contributed by atoms with Gasteiger partial charge in [0.2, 0.25) is 0 Å². The lowest BCUT2D eigenvalue weighted by Gasteiger charge is -2.02. The fraction of sp³-hybridized carbons (Fsp3) is 0.143. The second kappa shape index (κ2) is 11.5. The minimum atomic E-state index is -5.08. The third kappa shape index (κ3) is 7.97. The van der Waals surface area contributed by atoms with Gasteiger partial charge in [-0.05, 0) is 23.8 Å². The smallest absolute Gasteiger partial charge is 0.479 e. The number of hydrogen-bond acceptors (Lipinski definition) is 6. The number of thiophene rings is 1. The van der Waals surface area contributed by atoms with Crippen molar-refractivity contribution >= 4 is 44.3 Å². The van der Waals surface area contributed by atoms with Crippen LogP contribution in [0.5, 0.6) is 5.06 Å². The van der Waals surface area contributed by atoms with Crippen molar-refractivity contribution in [2.75, 3.05) is 0 Å². The van der Waals surface area contributed by atoms with E-state index >= 15 is 0 Å². The van der Waals surface area contributed by atoms with E-state index in [1.54, 1.807) is 12.4 Å². The number of aliphatic carboxylic acids is 2. The largest absolute Gasteiger partial charge is 0.490 e. The van der Waals surface area contributed by atoms with E-state index in [0.717, 1.165) is 26.2 Å². The molecule has 8 nitrogen and oxygen atoms in total. The van der Waals surface area contributed by atoms with Crippen molar-refractivity contribution in [2.24, 2.45) is 0 Å². The summed E-state index contributed by atoms with van der Waals surface area (Å²) in [5.41, 5.74) is 1.82. The average molecular weight is 536 g/mol. The Bertz CT molecular complexity index is 1380. The van der Waals surface area contributed by atoms with Crippen molar-refractivity contribution in [3.8, 4) is 5.06 Å². The number of nitrogens with zero attached hydrogens (tertiary/aromatic N) is 1. The molecular weight excluding hydrogens is 522 g/mol. The molecule has 3 N–H and O–H groups in total. The van der Waals surface area contributed by atoms with Crippen LogP contribution in [0, 0.1) is 0 Å². The number of pyridine rings is 2. The van der Waals surface area contributed by atoms with Crippen molar-refractivity contribution in [3.05, 3.63) is 70.8 Å². The monoisotopic (exact) mass is 536 g/mol. The highest BCUT2D eigenvalue weighted by Gasteiger charge is 2.38. The molecule has 0 amide bonds. The molecule has 0 atom stereocenters. The van der Waals surface area contributed by atoms with Gasteiger partial charge in [-0.3, -0.25) is 9.78 Å². The van der Waals surface area contributed by atoms with Crippen LogP contribution in [0.15, 0.2) is 59.7 Å². The molecule has 0 radical (unpaired) electrons. The van der Waals surface area contributed by atoms with Crippen LogP contribution in [0.25, 0.3) is 21.0 Å². The van der Waals surface area contributed by atoms with Gasteiger partial charge in [0.1, 0.15) is 6.61 Å².